The molecule has 1 heterocycles. The number of benzene rings is 7. The summed E-state index contributed by atoms with van der Waals surface area (Å²) in [5, 5.41) is 2.26. The van der Waals surface area contributed by atoms with Crippen molar-refractivity contribution in [1.29, 1.82) is 0 Å². The van der Waals surface area contributed by atoms with Crippen LogP contribution >= 0.6 is 0 Å². The Labute approximate surface area is 287 Å². The predicted molar refractivity (Wildman–Crippen MR) is 206 cm³/mol. The molecule has 0 N–H and O–H groups in total. The SMILES string of the molecule is CC(C)(C)c1ccc2oc3cccc(N(c4ccc(-c5ccccc5)cc4)c4ccc(-c5ccc6c(c5)-c5ccccc5C6)cc4)c3c2c1. The second-order valence-corrected chi connectivity index (χ2v) is 14.2. The summed E-state index contributed by atoms with van der Waals surface area (Å²) in [5.41, 5.74) is 16.8. The standard InChI is InChI=1S/C47H37NO/c1-47(2,3)37-22-27-44-42(30-37)46-43(14-9-15-45(46)49-44)48(38-23-18-32(19-24-38)31-10-5-4-6-11-31)39-25-20-33(21-26-39)34-16-17-36-28-35-12-7-8-13-40(35)41(36)29-34/h4-27,29-30H,28H2,1-3H3. The first-order valence-corrected chi connectivity index (χ1v) is 17.1. The first kappa shape index (κ1) is 29.3. The van der Waals surface area contributed by atoms with Crippen LogP contribution in [0.25, 0.3) is 55.3 Å². The van der Waals surface area contributed by atoms with Gasteiger partial charge in [0.1, 0.15) is 11.2 Å². The van der Waals surface area contributed by atoms with Crippen LogP contribution in [0.5, 0.6) is 0 Å². The zero-order valence-corrected chi connectivity index (χ0v) is 28.1. The number of furan rings is 1. The van der Waals surface area contributed by atoms with Crippen molar-refractivity contribution in [3.05, 3.63) is 174 Å². The monoisotopic (exact) mass is 631 g/mol. The first-order valence-electron chi connectivity index (χ1n) is 17.1. The summed E-state index contributed by atoms with van der Waals surface area (Å²) in [6.07, 6.45) is 1.01. The van der Waals surface area contributed by atoms with Crippen LogP contribution in [0.1, 0.15) is 37.5 Å². The van der Waals surface area contributed by atoms with Gasteiger partial charge >= 0.3 is 0 Å². The molecule has 0 saturated heterocycles. The van der Waals surface area contributed by atoms with Gasteiger partial charge in [0.15, 0.2) is 0 Å². The minimum atomic E-state index is 0.0230. The Morgan fingerprint density at radius 2 is 1.12 bits per heavy atom. The molecule has 0 atom stereocenters. The molecule has 1 aromatic heterocycles. The van der Waals surface area contributed by atoms with E-state index in [1.54, 1.807) is 0 Å². The first-order chi connectivity index (χ1) is 23.9. The van der Waals surface area contributed by atoms with E-state index in [-0.39, 0.29) is 5.41 Å². The molecule has 1 aliphatic carbocycles. The van der Waals surface area contributed by atoms with E-state index in [4.69, 9.17) is 4.42 Å². The van der Waals surface area contributed by atoms with Crippen molar-refractivity contribution >= 4 is 39.0 Å². The number of fused-ring (bicyclic) bond motifs is 6. The van der Waals surface area contributed by atoms with E-state index >= 15 is 0 Å². The lowest BCUT2D eigenvalue weighted by atomic mass is 9.86. The Hall–Kier alpha value is -5.86. The second-order valence-electron chi connectivity index (χ2n) is 14.2. The van der Waals surface area contributed by atoms with Crippen molar-refractivity contribution < 1.29 is 4.42 Å². The molecule has 0 aliphatic heterocycles. The number of hydrogen-bond donors (Lipinski definition) is 0. The molecule has 2 heteroatoms. The molecule has 0 fully saturated rings. The third-order valence-electron chi connectivity index (χ3n) is 10.1. The molecule has 9 rings (SSSR count). The second kappa shape index (κ2) is 11.4. The van der Waals surface area contributed by atoms with E-state index in [1.807, 2.05) is 0 Å². The molecule has 0 spiro atoms. The summed E-state index contributed by atoms with van der Waals surface area (Å²) in [7, 11) is 0. The normalized spacial score (nSPS) is 12.3. The minimum Gasteiger partial charge on any atom is -0.456 e. The zero-order chi connectivity index (χ0) is 33.1. The average Bonchev–Trinajstić information content (AvgIpc) is 3.70. The van der Waals surface area contributed by atoms with Crippen molar-refractivity contribution in [3.63, 3.8) is 0 Å². The lowest BCUT2D eigenvalue weighted by molar-refractivity contribution is 0.590. The molecular formula is C47H37NO. The van der Waals surface area contributed by atoms with Gasteiger partial charge in [0, 0.05) is 16.8 Å². The van der Waals surface area contributed by atoms with Crippen LogP contribution in [-0.2, 0) is 11.8 Å². The summed E-state index contributed by atoms with van der Waals surface area (Å²) in [6.45, 7) is 6.79. The highest BCUT2D eigenvalue weighted by Gasteiger charge is 2.22. The van der Waals surface area contributed by atoms with Gasteiger partial charge in [0.25, 0.3) is 0 Å². The van der Waals surface area contributed by atoms with Gasteiger partial charge in [-0.15, -0.1) is 0 Å². The highest BCUT2D eigenvalue weighted by Crippen LogP contribution is 2.45. The maximum absolute atomic E-state index is 6.47. The van der Waals surface area contributed by atoms with E-state index in [2.05, 4.69) is 183 Å². The van der Waals surface area contributed by atoms with Crippen LogP contribution in [0.15, 0.2) is 162 Å². The van der Waals surface area contributed by atoms with Gasteiger partial charge in [0.05, 0.1) is 11.1 Å². The molecule has 0 amide bonds. The molecule has 2 nitrogen and oxygen atoms in total. The van der Waals surface area contributed by atoms with Crippen LogP contribution in [0.4, 0.5) is 17.1 Å². The number of hydrogen-bond acceptors (Lipinski definition) is 2. The molecule has 7 aromatic carbocycles. The average molecular weight is 632 g/mol. The molecule has 236 valence electrons. The molecule has 0 unspecified atom stereocenters. The predicted octanol–water partition coefficient (Wildman–Crippen LogP) is 13.3. The fourth-order valence-corrected chi connectivity index (χ4v) is 7.43. The van der Waals surface area contributed by atoms with E-state index in [0.717, 1.165) is 45.4 Å². The molecule has 8 aromatic rings. The molecule has 49 heavy (non-hydrogen) atoms. The van der Waals surface area contributed by atoms with E-state index in [1.165, 1.54) is 50.1 Å². The zero-order valence-electron chi connectivity index (χ0n) is 28.1. The maximum Gasteiger partial charge on any atom is 0.137 e. The van der Waals surface area contributed by atoms with E-state index in [0.29, 0.717) is 0 Å². The van der Waals surface area contributed by atoms with Gasteiger partial charge in [-0.25, -0.2) is 0 Å². The van der Waals surface area contributed by atoms with E-state index in [9.17, 15) is 0 Å². The van der Waals surface area contributed by atoms with Crippen molar-refractivity contribution in [3.8, 4) is 33.4 Å². The Balaban J connectivity index is 1.18. The van der Waals surface area contributed by atoms with Crippen LogP contribution in [-0.4, -0.2) is 0 Å². The van der Waals surface area contributed by atoms with Crippen LogP contribution in [0.2, 0.25) is 0 Å². The number of anilines is 3. The summed E-state index contributed by atoms with van der Waals surface area (Å²) in [6, 6.07) is 57.3. The Morgan fingerprint density at radius 3 is 1.86 bits per heavy atom. The summed E-state index contributed by atoms with van der Waals surface area (Å²) in [4.78, 5) is 2.37. The Kier molecular flexibility index (Phi) is 6.81. The van der Waals surface area contributed by atoms with Crippen molar-refractivity contribution in [2.24, 2.45) is 0 Å². The van der Waals surface area contributed by atoms with Crippen LogP contribution in [0, 0.1) is 0 Å². The van der Waals surface area contributed by atoms with Gasteiger partial charge in [0.2, 0.25) is 0 Å². The third kappa shape index (κ3) is 5.12. The topological polar surface area (TPSA) is 16.4 Å². The summed E-state index contributed by atoms with van der Waals surface area (Å²) < 4.78 is 6.47. The van der Waals surface area contributed by atoms with Gasteiger partial charge < -0.3 is 9.32 Å². The number of rotatable bonds is 5. The van der Waals surface area contributed by atoms with Crippen LogP contribution < -0.4 is 4.90 Å². The molecule has 1 aliphatic rings. The minimum absolute atomic E-state index is 0.0230. The smallest absolute Gasteiger partial charge is 0.137 e. The van der Waals surface area contributed by atoms with Crippen LogP contribution in [0.3, 0.4) is 0 Å². The highest BCUT2D eigenvalue weighted by molar-refractivity contribution is 6.13. The molecule has 0 saturated carbocycles. The molecular weight excluding hydrogens is 595 g/mol. The fraction of sp³-hybridized carbons (Fsp3) is 0.106. The maximum atomic E-state index is 6.47. The van der Waals surface area contributed by atoms with Gasteiger partial charge in [-0.2, -0.15) is 0 Å². The van der Waals surface area contributed by atoms with Crippen molar-refractivity contribution in [1.82, 2.24) is 0 Å². The Bertz CT molecular complexity index is 2480. The van der Waals surface area contributed by atoms with Crippen molar-refractivity contribution in [2.45, 2.75) is 32.6 Å². The Morgan fingerprint density at radius 1 is 0.490 bits per heavy atom. The largest absolute Gasteiger partial charge is 0.456 e. The quantitative estimate of drug-likeness (QED) is 0.188. The summed E-state index contributed by atoms with van der Waals surface area (Å²) >= 11 is 0. The molecule has 0 radical (unpaired) electrons. The molecule has 0 bridgehead atoms. The lowest BCUT2D eigenvalue weighted by Gasteiger charge is -2.27. The summed E-state index contributed by atoms with van der Waals surface area (Å²) in [5.74, 6) is 0. The highest BCUT2D eigenvalue weighted by atomic mass is 16.3. The van der Waals surface area contributed by atoms with Gasteiger partial charge in [-0.3, -0.25) is 0 Å². The van der Waals surface area contributed by atoms with Gasteiger partial charge in [-0.05, 0) is 117 Å². The third-order valence-corrected chi connectivity index (χ3v) is 10.1. The lowest BCUT2D eigenvalue weighted by Crippen LogP contribution is -2.11. The fourth-order valence-electron chi connectivity index (χ4n) is 7.43. The number of nitrogens with zero attached hydrogens (tertiary/aromatic N) is 1. The van der Waals surface area contributed by atoms with Crippen molar-refractivity contribution in [2.75, 3.05) is 4.90 Å². The van der Waals surface area contributed by atoms with Gasteiger partial charge in [-0.1, -0.05) is 124 Å². The van der Waals surface area contributed by atoms with E-state index < -0.39 is 0 Å².